The van der Waals surface area contributed by atoms with E-state index in [1.165, 1.54) is 0 Å². The fourth-order valence-corrected chi connectivity index (χ4v) is 2.95. The second-order valence-electron chi connectivity index (χ2n) is 4.95. The number of aromatic carboxylic acids is 1. The Labute approximate surface area is 115 Å². The summed E-state index contributed by atoms with van der Waals surface area (Å²) in [7, 11) is 2.05. The number of carbonyl (C=O) groups is 1. The van der Waals surface area contributed by atoms with Crippen molar-refractivity contribution in [3.8, 4) is 0 Å². The van der Waals surface area contributed by atoms with E-state index in [1.54, 1.807) is 22.6 Å². The molecule has 2 aromatic heterocycles. The van der Waals surface area contributed by atoms with Crippen molar-refractivity contribution in [2.24, 2.45) is 0 Å². The molecule has 0 aromatic carbocycles. The van der Waals surface area contributed by atoms with Crippen LogP contribution in [0.15, 0.2) is 18.2 Å². The molecule has 5 nitrogen and oxygen atoms in total. The zero-order valence-corrected chi connectivity index (χ0v) is 11.3. The Morgan fingerprint density at radius 2 is 2.32 bits per heavy atom. The summed E-state index contributed by atoms with van der Waals surface area (Å²) >= 11 is 6.13. The van der Waals surface area contributed by atoms with Gasteiger partial charge < -0.3 is 10.0 Å². The molecule has 0 amide bonds. The van der Waals surface area contributed by atoms with Gasteiger partial charge in [-0.05, 0) is 32.1 Å². The van der Waals surface area contributed by atoms with E-state index in [1.807, 2.05) is 0 Å². The zero-order valence-electron chi connectivity index (χ0n) is 10.5. The lowest BCUT2D eigenvalue weighted by molar-refractivity contribution is 0.0688. The molecule has 100 valence electrons. The first-order chi connectivity index (χ1) is 9.08. The molecular weight excluding hydrogens is 266 g/mol. The number of halogens is 1. The van der Waals surface area contributed by atoms with E-state index < -0.39 is 5.97 Å². The minimum absolute atomic E-state index is 0.210. The molecule has 3 heterocycles. The first-order valence-electron chi connectivity index (χ1n) is 6.16. The number of carboxylic acid groups (broad SMARTS) is 1. The van der Waals surface area contributed by atoms with Crippen LogP contribution < -0.4 is 0 Å². The number of likely N-dealkylation sites (tertiary alicyclic amines) is 1. The quantitative estimate of drug-likeness (QED) is 0.915. The molecule has 1 atom stereocenters. The number of fused-ring (bicyclic) bond motifs is 1. The van der Waals surface area contributed by atoms with E-state index in [2.05, 4.69) is 16.9 Å². The highest BCUT2D eigenvalue weighted by Crippen LogP contribution is 2.30. The van der Waals surface area contributed by atoms with Crippen molar-refractivity contribution in [1.82, 2.24) is 14.3 Å². The van der Waals surface area contributed by atoms with E-state index in [-0.39, 0.29) is 11.6 Å². The lowest BCUT2D eigenvalue weighted by Gasteiger charge is -2.11. The van der Waals surface area contributed by atoms with Gasteiger partial charge in [-0.3, -0.25) is 4.40 Å². The number of likely N-dealkylation sites (N-methyl/N-ethyl adjacent to an activating group) is 1. The van der Waals surface area contributed by atoms with E-state index in [0.717, 1.165) is 25.3 Å². The summed E-state index contributed by atoms with van der Waals surface area (Å²) in [5, 5.41) is 9.68. The van der Waals surface area contributed by atoms with Crippen molar-refractivity contribution >= 4 is 23.1 Å². The highest BCUT2D eigenvalue weighted by atomic mass is 35.5. The smallest absolute Gasteiger partial charge is 0.352 e. The van der Waals surface area contributed by atoms with E-state index in [4.69, 9.17) is 11.6 Å². The topological polar surface area (TPSA) is 57.8 Å². The Morgan fingerprint density at radius 3 is 2.95 bits per heavy atom. The second kappa shape index (κ2) is 4.51. The van der Waals surface area contributed by atoms with Crippen molar-refractivity contribution in [2.75, 3.05) is 20.1 Å². The van der Waals surface area contributed by atoms with Crippen LogP contribution in [-0.2, 0) is 0 Å². The van der Waals surface area contributed by atoms with Crippen LogP contribution in [0.4, 0.5) is 0 Å². The van der Waals surface area contributed by atoms with E-state index in [9.17, 15) is 9.90 Å². The van der Waals surface area contributed by atoms with Gasteiger partial charge >= 0.3 is 5.97 Å². The maximum absolute atomic E-state index is 11.4. The van der Waals surface area contributed by atoms with Crippen molar-refractivity contribution in [1.29, 1.82) is 0 Å². The van der Waals surface area contributed by atoms with Crippen molar-refractivity contribution in [3.63, 3.8) is 0 Å². The molecule has 1 aliphatic rings. The number of aromatic nitrogens is 2. The first kappa shape index (κ1) is 12.4. The monoisotopic (exact) mass is 279 g/mol. The molecule has 2 aromatic rings. The number of nitrogens with zero attached hydrogens (tertiary/aromatic N) is 3. The Morgan fingerprint density at radius 1 is 1.53 bits per heavy atom. The Kier molecular flexibility index (Phi) is 2.95. The molecule has 1 saturated heterocycles. The van der Waals surface area contributed by atoms with Crippen LogP contribution in [0.2, 0.25) is 5.15 Å². The molecule has 1 N–H and O–H groups in total. The Bertz CT molecular complexity index is 653. The summed E-state index contributed by atoms with van der Waals surface area (Å²) < 4.78 is 1.68. The predicted octanol–water partition coefficient (Wildman–Crippen LogP) is 2.11. The largest absolute Gasteiger partial charge is 0.477 e. The number of imidazole rings is 1. The Hall–Kier alpha value is -1.59. The number of rotatable bonds is 2. The third-order valence-corrected chi connectivity index (χ3v) is 3.90. The third-order valence-electron chi connectivity index (χ3n) is 3.62. The second-order valence-corrected chi connectivity index (χ2v) is 5.30. The van der Waals surface area contributed by atoms with Crippen LogP contribution in [0.3, 0.4) is 0 Å². The van der Waals surface area contributed by atoms with Gasteiger partial charge in [0.2, 0.25) is 0 Å². The van der Waals surface area contributed by atoms with Crippen molar-refractivity contribution < 1.29 is 9.90 Å². The molecule has 19 heavy (non-hydrogen) atoms. The molecule has 1 aliphatic heterocycles. The Balaban J connectivity index is 2.21. The summed E-state index contributed by atoms with van der Waals surface area (Å²) in [5.74, 6) is 0.0140. The molecule has 1 fully saturated rings. The SMILES string of the molecule is CN1CCC(c2nc(Cl)c3cccc(C(=O)O)n23)C1. The van der Waals surface area contributed by atoms with Crippen molar-refractivity contribution in [3.05, 3.63) is 34.9 Å². The van der Waals surface area contributed by atoms with Gasteiger partial charge in [0.05, 0.1) is 5.52 Å². The minimum atomic E-state index is -0.965. The maximum Gasteiger partial charge on any atom is 0.352 e. The van der Waals surface area contributed by atoms with Crippen LogP contribution >= 0.6 is 11.6 Å². The van der Waals surface area contributed by atoms with Crippen LogP contribution in [0, 0.1) is 0 Å². The summed E-state index contributed by atoms with van der Waals surface area (Å²) in [4.78, 5) is 18.0. The highest BCUT2D eigenvalue weighted by molar-refractivity contribution is 6.32. The molecule has 0 aliphatic carbocycles. The van der Waals surface area contributed by atoms with Gasteiger partial charge in [-0.1, -0.05) is 17.7 Å². The minimum Gasteiger partial charge on any atom is -0.477 e. The average molecular weight is 280 g/mol. The highest BCUT2D eigenvalue weighted by Gasteiger charge is 2.27. The van der Waals surface area contributed by atoms with Crippen molar-refractivity contribution in [2.45, 2.75) is 12.3 Å². The zero-order chi connectivity index (χ0) is 13.6. The number of hydrogen-bond acceptors (Lipinski definition) is 3. The van der Waals surface area contributed by atoms with Gasteiger partial charge in [0, 0.05) is 12.5 Å². The molecule has 0 radical (unpaired) electrons. The molecular formula is C13H14ClN3O2. The van der Waals surface area contributed by atoms with Crippen LogP contribution in [0.5, 0.6) is 0 Å². The molecule has 0 bridgehead atoms. The van der Waals surface area contributed by atoms with Crippen LogP contribution in [0.1, 0.15) is 28.7 Å². The van der Waals surface area contributed by atoms with Gasteiger partial charge in [0.15, 0.2) is 5.15 Å². The third kappa shape index (κ3) is 1.99. The fourth-order valence-electron chi connectivity index (χ4n) is 2.71. The van der Waals surface area contributed by atoms with E-state index in [0.29, 0.717) is 10.7 Å². The normalized spacial score (nSPS) is 20.2. The number of hydrogen-bond donors (Lipinski definition) is 1. The van der Waals surface area contributed by atoms with Gasteiger partial charge in [0.1, 0.15) is 11.5 Å². The molecule has 1 unspecified atom stereocenters. The molecule has 0 saturated carbocycles. The fraction of sp³-hybridized carbons (Fsp3) is 0.385. The lowest BCUT2D eigenvalue weighted by Crippen LogP contribution is -2.15. The number of carboxylic acids is 1. The molecule has 3 rings (SSSR count). The van der Waals surface area contributed by atoms with Gasteiger partial charge in [-0.2, -0.15) is 0 Å². The maximum atomic E-state index is 11.4. The standard InChI is InChI=1S/C13H14ClN3O2/c1-16-6-5-8(7-16)12-15-11(14)9-3-2-4-10(13(18)19)17(9)12/h2-4,8H,5-7H2,1H3,(H,18,19). The van der Waals surface area contributed by atoms with Crippen LogP contribution in [0.25, 0.3) is 5.52 Å². The van der Waals surface area contributed by atoms with Gasteiger partial charge in [0.25, 0.3) is 0 Å². The van der Waals surface area contributed by atoms with Crippen LogP contribution in [-0.4, -0.2) is 45.5 Å². The molecule has 6 heteroatoms. The van der Waals surface area contributed by atoms with E-state index >= 15 is 0 Å². The summed E-state index contributed by atoms with van der Waals surface area (Å²) in [6, 6.07) is 5.07. The molecule has 0 spiro atoms. The summed E-state index contributed by atoms with van der Waals surface area (Å²) in [6.07, 6.45) is 0.972. The first-order valence-corrected chi connectivity index (χ1v) is 6.54. The average Bonchev–Trinajstić information content (AvgIpc) is 2.94. The van der Waals surface area contributed by atoms with Gasteiger partial charge in [-0.15, -0.1) is 0 Å². The summed E-state index contributed by atoms with van der Waals surface area (Å²) in [5.41, 5.74) is 0.868. The van der Waals surface area contributed by atoms with Gasteiger partial charge in [-0.25, -0.2) is 9.78 Å². The summed E-state index contributed by atoms with van der Waals surface area (Å²) in [6.45, 7) is 1.87. The number of pyridine rings is 1. The lowest BCUT2D eigenvalue weighted by atomic mass is 10.1. The predicted molar refractivity (Wildman–Crippen MR) is 72.0 cm³/mol.